The Kier molecular flexibility index (Phi) is 9.48. The lowest BCUT2D eigenvalue weighted by molar-refractivity contribution is -0.150. The van der Waals surface area contributed by atoms with Crippen LogP contribution in [-0.4, -0.2) is 49.0 Å². The Bertz CT molecular complexity index is 303. The third kappa shape index (κ3) is 8.18. The van der Waals surface area contributed by atoms with Crippen LogP contribution in [-0.2, 0) is 23.9 Å². The first-order chi connectivity index (χ1) is 9.04. The molecule has 0 aliphatic rings. The molecule has 0 unspecified atom stereocenters. The van der Waals surface area contributed by atoms with E-state index in [9.17, 15) is 14.4 Å². The van der Waals surface area contributed by atoms with Crippen LogP contribution < -0.4 is 0 Å². The second-order valence-corrected chi connectivity index (χ2v) is 3.93. The van der Waals surface area contributed by atoms with Gasteiger partial charge in [0.15, 0.2) is 0 Å². The average Bonchev–Trinajstić information content (AvgIpc) is 2.36. The smallest absolute Gasteiger partial charge is 0.325 e. The number of carbonyl (C=O) groups is 3. The van der Waals surface area contributed by atoms with E-state index in [0.29, 0.717) is 13.2 Å². The quantitative estimate of drug-likeness (QED) is 0.589. The van der Waals surface area contributed by atoms with Crippen molar-refractivity contribution >= 4 is 17.8 Å². The highest BCUT2D eigenvalue weighted by molar-refractivity contribution is 5.84. The van der Waals surface area contributed by atoms with Gasteiger partial charge in [0, 0.05) is 13.0 Å². The zero-order valence-corrected chi connectivity index (χ0v) is 11.9. The number of hydrogen-bond donors (Lipinski definition) is 0. The fourth-order valence-corrected chi connectivity index (χ4v) is 1.52. The summed E-state index contributed by atoms with van der Waals surface area (Å²) in [6.45, 7) is 6.33. The molecule has 0 bridgehead atoms. The van der Waals surface area contributed by atoms with Crippen LogP contribution in [0.3, 0.4) is 0 Å². The van der Waals surface area contributed by atoms with Gasteiger partial charge in [-0.1, -0.05) is 6.92 Å². The standard InChI is InChI=1S/C13H23NO5/c1-4-9-14(10-13(17)19-6-3)11(15)7-8-12(16)18-5-2/h4-10H2,1-3H3. The summed E-state index contributed by atoms with van der Waals surface area (Å²) < 4.78 is 9.56. The summed E-state index contributed by atoms with van der Waals surface area (Å²) in [5, 5.41) is 0. The van der Waals surface area contributed by atoms with Crippen molar-refractivity contribution in [3.05, 3.63) is 0 Å². The molecule has 6 heteroatoms. The van der Waals surface area contributed by atoms with Crippen LogP contribution in [0.4, 0.5) is 0 Å². The van der Waals surface area contributed by atoms with Crippen molar-refractivity contribution in [2.45, 2.75) is 40.0 Å². The van der Waals surface area contributed by atoms with Crippen molar-refractivity contribution in [3.63, 3.8) is 0 Å². The molecule has 0 radical (unpaired) electrons. The molecule has 0 rings (SSSR count). The van der Waals surface area contributed by atoms with Crippen molar-refractivity contribution in [1.29, 1.82) is 0 Å². The minimum atomic E-state index is -0.430. The van der Waals surface area contributed by atoms with E-state index in [1.54, 1.807) is 13.8 Å². The normalized spacial score (nSPS) is 9.84. The predicted octanol–water partition coefficient (Wildman–Crippen LogP) is 1.13. The van der Waals surface area contributed by atoms with Crippen molar-refractivity contribution in [1.82, 2.24) is 4.90 Å². The first-order valence-electron chi connectivity index (χ1n) is 6.64. The van der Waals surface area contributed by atoms with Gasteiger partial charge in [-0.15, -0.1) is 0 Å². The summed E-state index contributed by atoms with van der Waals surface area (Å²) >= 11 is 0. The number of rotatable bonds is 9. The third-order valence-corrected chi connectivity index (χ3v) is 2.32. The summed E-state index contributed by atoms with van der Waals surface area (Å²) in [5.74, 6) is -1.06. The molecular formula is C13H23NO5. The van der Waals surface area contributed by atoms with E-state index in [2.05, 4.69) is 0 Å². The maximum Gasteiger partial charge on any atom is 0.325 e. The minimum Gasteiger partial charge on any atom is -0.466 e. The molecule has 0 saturated heterocycles. The lowest BCUT2D eigenvalue weighted by atomic mass is 10.2. The van der Waals surface area contributed by atoms with Gasteiger partial charge in [0.1, 0.15) is 6.54 Å². The topological polar surface area (TPSA) is 72.9 Å². The highest BCUT2D eigenvalue weighted by atomic mass is 16.5. The van der Waals surface area contributed by atoms with Crippen molar-refractivity contribution < 1.29 is 23.9 Å². The SMILES string of the molecule is CCCN(CC(=O)OCC)C(=O)CCC(=O)OCC. The third-order valence-electron chi connectivity index (χ3n) is 2.32. The molecule has 19 heavy (non-hydrogen) atoms. The van der Waals surface area contributed by atoms with Gasteiger partial charge >= 0.3 is 11.9 Å². The fraction of sp³-hybridized carbons (Fsp3) is 0.769. The van der Waals surface area contributed by atoms with E-state index in [0.717, 1.165) is 6.42 Å². The molecule has 0 spiro atoms. The van der Waals surface area contributed by atoms with E-state index >= 15 is 0 Å². The molecule has 0 aromatic carbocycles. The van der Waals surface area contributed by atoms with Gasteiger partial charge in [-0.2, -0.15) is 0 Å². The summed E-state index contributed by atoms with van der Waals surface area (Å²) in [4.78, 5) is 35.8. The van der Waals surface area contributed by atoms with Crippen LogP contribution in [0.15, 0.2) is 0 Å². The number of amides is 1. The first kappa shape index (κ1) is 17.4. The maximum atomic E-state index is 11.9. The molecule has 0 aliphatic carbocycles. The molecule has 0 heterocycles. The van der Waals surface area contributed by atoms with Crippen LogP contribution >= 0.6 is 0 Å². The number of nitrogens with zero attached hydrogens (tertiary/aromatic N) is 1. The van der Waals surface area contributed by atoms with Gasteiger partial charge in [-0.3, -0.25) is 14.4 Å². The Labute approximate surface area is 114 Å². The largest absolute Gasteiger partial charge is 0.466 e. The van der Waals surface area contributed by atoms with E-state index < -0.39 is 11.9 Å². The Morgan fingerprint density at radius 3 is 2.00 bits per heavy atom. The fourth-order valence-electron chi connectivity index (χ4n) is 1.52. The summed E-state index contributed by atoms with van der Waals surface area (Å²) in [6, 6.07) is 0. The van der Waals surface area contributed by atoms with Gasteiger partial charge in [0.05, 0.1) is 19.6 Å². The van der Waals surface area contributed by atoms with Crippen molar-refractivity contribution in [2.75, 3.05) is 26.3 Å². The lowest BCUT2D eigenvalue weighted by Gasteiger charge is -2.20. The lowest BCUT2D eigenvalue weighted by Crippen LogP contribution is -2.37. The van der Waals surface area contributed by atoms with Crippen LogP contribution in [0.5, 0.6) is 0 Å². The molecule has 0 aromatic heterocycles. The Morgan fingerprint density at radius 1 is 0.895 bits per heavy atom. The van der Waals surface area contributed by atoms with Crippen LogP contribution in [0, 0.1) is 0 Å². The van der Waals surface area contributed by atoms with Crippen LogP contribution in [0.25, 0.3) is 0 Å². The van der Waals surface area contributed by atoms with E-state index in [1.165, 1.54) is 4.90 Å². The van der Waals surface area contributed by atoms with Gasteiger partial charge in [0.25, 0.3) is 0 Å². The van der Waals surface area contributed by atoms with Crippen LogP contribution in [0.1, 0.15) is 40.0 Å². The minimum absolute atomic E-state index is 0.0374. The van der Waals surface area contributed by atoms with Crippen molar-refractivity contribution in [3.8, 4) is 0 Å². The molecule has 0 saturated carbocycles. The zero-order chi connectivity index (χ0) is 14.7. The second kappa shape index (κ2) is 10.3. The zero-order valence-electron chi connectivity index (χ0n) is 11.9. The van der Waals surface area contributed by atoms with E-state index in [4.69, 9.17) is 9.47 Å². The van der Waals surface area contributed by atoms with Gasteiger partial charge in [-0.25, -0.2) is 0 Å². The summed E-state index contributed by atoms with van der Waals surface area (Å²) in [5.41, 5.74) is 0. The molecule has 6 nitrogen and oxygen atoms in total. The summed E-state index contributed by atoms with van der Waals surface area (Å²) in [6.07, 6.45) is 0.832. The molecule has 0 fully saturated rings. The number of esters is 2. The average molecular weight is 273 g/mol. The highest BCUT2D eigenvalue weighted by Gasteiger charge is 2.18. The summed E-state index contributed by atoms with van der Waals surface area (Å²) in [7, 11) is 0. The number of hydrogen-bond acceptors (Lipinski definition) is 5. The first-order valence-corrected chi connectivity index (χ1v) is 6.64. The number of carbonyl (C=O) groups excluding carboxylic acids is 3. The van der Waals surface area contributed by atoms with Crippen LogP contribution in [0.2, 0.25) is 0 Å². The Morgan fingerprint density at radius 2 is 1.47 bits per heavy atom. The molecular weight excluding hydrogens is 250 g/mol. The van der Waals surface area contributed by atoms with E-state index in [-0.39, 0.29) is 31.9 Å². The predicted molar refractivity (Wildman–Crippen MR) is 69.4 cm³/mol. The number of ether oxygens (including phenoxy) is 2. The highest BCUT2D eigenvalue weighted by Crippen LogP contribution is 2.02. The van der Waals surface area contributed by atoms with E-state index in [1.807, 2.05) is 6.92 Å². The maximum absolute atomic E-state index is 11.9. The Balaban J connectivity index is 4.24. The Hall–Kier alpha value is -1.59. The molecule has 0 N–H and O–H groups in total. The molecule has 1 amide bonds. The molecule has 0 atom stereocenters. The molecule has 110 valence electrons. The van der Waals surface area contributed by atoms with Gasteiger partial charge in [0.2, 0.25) is 5.91 Å². The second-order valence-electron chi connectivity index (χ2n) is 3.93. The van der Waals surface area contributed by atoms with Crippen molar-refractivity contribution in [2.24, 2.45) is 0 Å². The molecule has 0 aromatic rings. The molecule has 0 aliphatic heterocycles. The monoisotopic (exact) mass is 273 g/mol. The van der Waals surface area contributed by atoms with Gasteiger partial charge < -0.3 is 14.4 Å². The van der Waals surface area contributed by atoms with Gasteiger partial charge in [-0.05, 0) is 20.3 Å².